The molecule has 1 aliphatic heterocycles. The number of aromatic amines is 1. The van der Waals surface area contributed by atoms with Crippen molar-refractivity contribution in [1.82, 2.24) is 14.5 Å². The van der Waals surface area contributed by atoms with Crippen molar-refractivity contribution >= 4 is 16.0 Å². The van der Waals surface area contributed by atoms with E-state index in [2.05, 4.69) is 10.2 Å². The molecule has 1 aliphatic rings. The molecule has 118 valence electrons. The van der Waals surface area contributed by atoms with Crippen LogP contribution in [0.4, 0.5) is 0 Å². The first-order chi connectivity index (χ1) is 9.84. The SMILES string of the molecule is Cc1[nH]nc(S(=O)(=O)N(C)CC2CCCOC2)c1C(=O)O. The predicted molar refractivity (Wildman–Crippen MR) is 73.6 cm³/mol. The summed E-state index contributed by atoms with van der Waals surface area (Å²) in [6.07, 6.45) is 1.80. The molecule has 0 saturated carbocycles. The van der Waals surface area contributed by atoms with Crippen molar-refractivity contribution in [2.45, 2.75) is 24.8 Å². The van der Waals surface area contributed by atoms with Gasteiger partial charge in [0.15, 0.2) is 0 Å². The molecule has 1 atom stereocenters. The summed E-state index contributed by atoms with van der Waals surface area (Å²) in [5.74, 6) is -1.19. The van der Waals surface area contributed by atoms with Crippen LogP contribution in [-0.2, 0) is 14.8 Å². The molecule has 0 aliphatic carbocycles. The highest BCUT2D eigenvalue weighted by atomic mass is 32.2. The maximum absolute atomic E-state index is 12.5. The number of aromatic nitrogens is 2. The lowest BCUT2D eigenvalue weighted by atomic mass is 10.0. The van der Waals surface area contributed by atoms with Gasteiger partial charge in [0.2, 0.25) is 5.03 Å². The smallest absolute Gasteiger partial charge is 0.340 e. The highest BCUT2D eigenvalue weighted by molar-refractivity contribution is 7.89. The van der Waals surface area contributed by atoms with E-state index in [1.165, 1.54) is 14.0 Å². The van der Waals surface area contributed by atoms with E-state index in [4.69, 9.17) is 9.84 Å². The second kappa shape index (κ2) is 6.12. The second-order valence-electron chi connectivity index (χ2n) is 5.20. The number of nitrogens with zero attached hydrogens (tertiary/aromatic N) is 2. The summed E-state index contributed by atoms with van der Waals surface area (Å²) in [4.78, 5) is 11.2. The van der Waals surface area contributed by atoms with Gasteiger partial charge in [-0.3, -0.25) is 5.10 Å². The zero-order valence-corrected chi connectivity index (χ0v) is 12.8. The summed E-state index contributed by atoms with van der Waals surface area (Å²) in [5.41, 5.74) is -0.0859. The van der Waals surface area contributed by atoms with Gasteiger partial charge >= 0.3 is 5.97 Å². The molecule has 0 aromatic carbocycles. The van der Waals surface area contributed by atoms with Crippen LogP contribution in [0.3, 0.4) is 0 Å². The molecule has 9 heteroatoms. The number of rotatable bonds is 5. The number of carbonyl (C=O) groups is 1. The maximum atomic E-state index is 12.5. The Balaban J connectivity index is 2.22. The number of H-pyrrole nitrogens is 1. The third-order valence-electron chi connectivity index (χ3n) is 3.55. The number of hydrogen-bond donors (Lipinski definition) is 2. The fourth-order valence-electron chi connectivity index (χ4n) is 2.41. The average molecular weight is 317 g/mol. The summed E-state index contributed by atoms with van der Waals surface area (Å²) < 4.78 is 31.4. The molecule has 1 aromatic rings. The zero-order chi connectivity index (χ0) is 15.6. The fourth-order valence-corrected chi connectivity index (χ4v) is 3.77. The Morgan fingerprint density at radius 3 is 2.86 bits per heavy atom. The van der Waals surface area contributed by atoms with E-state index >= 15 is 0 Å². The van der Waals surface area contributed by atoms with E-state index in [9.17, 15) is 13.2 Å². The largest absolute Gasteiger partial charge is 0.478 e. The summed E-state index contributed by atoms with van der Waals surface area (Å²) in [5, 5.41) is 14.8. The van der Waals surface area contributed by atoms with Gasteiger partial charge in [-0.1, -0.05) is 0 Å². The predicted octanol–water partition coefficient (Wildman–Crippen LogP) is 0.463. The highest BCUT2D eigenvalue weighted by Crippen LogP contribution is 2.22. The van der Waals surface area contributed by atoms with Crippen LogP contribution in [0.25, 0.3) is 0 Å². The van der Waals surface area contributed by atoms with Crippen molar-refractivity contribution in [1.29, 1.82) is 0 Å². The van der Waals surface area contributed by atoms with E-state index in [-0.39, 0.29) is 23.7 Å². The maximum Gasteiger partial charge on any atom is 0.340 e. The Bertz CT molecular complexity index is 619. The van der Waals surface area contributed by atoms with Crippen LogP contribution < -0.4 is 0 Å². The van der Waals surface area contributed by atoms with Crippen molar-refractivity contribution in [2.24, 2.45) is 5.92 Å². The molecule has 2 N–H and O–H groups in total. The minimum absolute atomic E-state index is 0.117. The molecule has 2 heterocycles. The Hall–Kier alpha value is -1.45. The van der Waals surface area contributed by atoms with Crippen LogP contribution in [0.5, 0.6) is 0 Å². The molecule has 1 saturated heterocycles. The van der Waals surface area contributed by atoms with Gasteiger partial charge in [-0.25, -0.2) is 13.2 Å². The van der Waals surface area contributed by atoms with E-state index in [0.29, 0.717) is 13.2 Å². The molecule has 0 radical (unpaired) electrons. The van der Waals surface area contributed by atoms with Gasteiger partial charge < -0.3 is 9.84 Å². The van der Waals surface area contributed by atoms with Crippen molar-refractivity contribution in [3.05, 3.63) is 11.3 Å². The van der Waals surface area contributed by atoms with Gasteiger partial charge in [0.25, 0.3) is 10.0 Å². The average Bonchev–Trinajstić information content (AvgIpc) is 2.82. The summed E-state index contributed by atoms with van der Waals surface area (Å²) in [6.45, 7) is 2.98. The molecule has 1 fully saturated rings. The summed E-state index contributed by atoms with van der Waals surface area (Å²) in [6, 6.07) is 0. The molecular formula is C12H19N3O5S. The van der Waals surface area contributed by atoms with Crippen molar-refractivity contribution in [2.75, 3.05) is 26.8 Å². The van der Waals surface area contributed by atoms with Crippen LogP contribution >= 0.6 is 0 Å². The molecule has 0 amide bonds. The molecule has 21 heavy (non-hydrogen) atoms. The lowest BCUT2D eigenvalue weighted by Gasteiger charge is -2.26. The highest BCUT2D eigenvalue weighted by Gasteiger charge is 2.32. The van der Waals surface area contributed by atoms with Gasteiger partial charge in [0.1, 0.15) is 5.56 Å². The van der Waals surface area contributed by atoms with Crippen LogP contribution in [0.1, 0.15) is 28.9 Å². The molecule has 1 unspecified atom stereocenters. The third-order valence-corrected chi connectivity index (χ3v) is 5.31. The Morgan fingerprint density at radius 1 is 1.57 bits per heavy atom. The topological polar surface area (TPSA) is 113 Å². The van der Waals surface area contributed by atoms with Gasteiger partial charge in [-0.15, -0.1) is 0 Å². The van der Waals surface area contributed by atoms with Crippen LogP contribution in [0, 0.1) is 12.8 Å². The fraction of sp³-hybridized carbons (Fsp3) is 0.667. The van der Waals surface area contributed by atoms with Crippen LogP contribution in [0.15, 0.2) is 5.03 Å². The number of aryl methyl sites for hydroxylation is 1. The molecule has 1 aromatic heterocycles. The Kier molecular flexibility index (Phi) is 4.64. The minimum Gasteiger partial charge on any atom is -0.478 e. The number of hydrogen-bond acceptors (Lipinski definition) is 5. The normalized spacial score (nSPS) is 19.9. The Labute approximate surface area is 123 Å². The number of sulfonamides is 1. The van der Waals surface area contributed by atoms with E-state index < -0.39 is 21.0 Å². The van der Waals surface area contributed by atoms with Crippen molar-refractivity contribution in [3.8, 4) is 0 Å². The lowest BCUT2D eigenvalue weighted by molar-refractivity contribution is 0.0495. The van der Waals surface area contributed by atoms with E-state index in [0.717, 1.165) is 17.1 Å². The zero-order valence-electron chi connectivity index (χ0n) is 12.0. The summed E-state index contributed by atoms with van der Waals surface area (Å²) in [7, 11) is -2.51. The van der Waals surface area contributed by atoms with Gasteiger partial charge in [-0.2, -0.15) is 9.40 Å². The number of nitrogens with one attached hydrogen (secondary N) is 1. The van der Waals surface area contributed by atoms with Gasteiger partial charge in [0.05, 0.1) is 6.61 Å². The van der Waals surface area contributed by atoms with Crippen molar-refractivity contribution in [3.63, 3.8) is 0 Å². The number of ether oxygens (including phenoxy) is 1. The molecule has 0 bridgehead atoms. The van der Waals surface area contributed by atoms with E-state index in [1.54, 1.807) is 0 Å². The number of aromatic carboxylic acids is 1. The first kappa shape index (κ1) is 15.9. The summed E-state index contributed by atoms with van der Waals surface area (Å²) >= 11 is 0. The molecule has 2 rings (SSSR count). The van der Waals surface area contributed by atoms with Crippen LogP contribution in [-0.4, -0.2) is 60.8 Å². The third kappa shape index (κ3) is 3.25. The second-order valence-corrected chi connectivity index (χ2v) is 7.16. The monoisotopic (exact) mass is 317 g/mol. The molecule has 0 spiro atoms. The standard InChI is InChI=1S/C12H19N3O5S/c1-8-10(12(16)17)11(14-13-8)21(18,19)15(2)6-9-4-3-5-20-7-9/h9H,3-7H2,1-2H3,(H,13,14)(H,16,17). The lowest BCUT2D eigenvalue weighted by Crippen LogP contribution is -2.35. The minimum atomic E-state index is -3.94. The van der Waals surface area contributed by atoms with Gasteiger partial charge in [-0.05, 0) is 25.7 Å². The number of carboxylic acid groups (broad SMARTS) is 1. The molecular weight excluding hydrogens is 298 g/mol. The van der Waals surface area contributed by atoms with Crippen molar-refractivity contribution < 1.29 is 23.1 Å². The first-order valence-electron chi connectivity index (χ1n) is 6.66. The molecule has 8 nitrogen and oxygen atoms in total. The van der Waals surface area contributed by atoms with E-state index in [1.807, 2.05) is 0 Å². The van der Waals surface area contributed by atoms with Gasteiger partial charge in [0, 0.05) is 25.9 Å². The quantitative estimate of drug-likeness (QED) is 0.816. The first-order valence-corrected chi connectivity index (χ1v) is 8.10. The van der Waals surface area contributed by atoms with Crippen LogP contribution in [0.2, 0.25) is 0 Å². The number of carboxylic acids is 1. The Morgan fingerprint density at radius 2 is 2.29 bits per heavy atom.